The first-order valence-corrected chi connectivity index (χ1v) is 12.2. The van der Waals surface area contributed by atoms with Crippen molar-refractivity contribution in [3.05, 3.63) is 101 Å². The largest absolute Gasteiger partial charge is 0.373 e. The molecule has 0 radical (unpaired) electrons. The minimum atomic E-state index is -1.68. The second-order valence-corrected chi connectivity index (χ2v) is 9.24. The Labute approximate surface area is 227 Å². The molecule has 3 heterocycles. The smallest absolute Gasteiger partial charge is 0.249 e. The van der Waals surface area contributed by atoms with Crippen molar-refractivity contribution in [1.82, 2.24) is 25.9 Å². The van der Waals surface area contributed by atoms with Gasteiger partial charge in [0.1, 0.15) is 18.0 Å². The molecule has 0 spiro atoms. The van der Waals surface area contributed by atoms with Gasteiger partial charge in [-0.15, -0.1) is 5.53 Å². The van der Waals surface area contributed by atoms with E-state index in [0.29, 0.717) is 28.4 Å². The number of halogens is 3. The van der Waals surface area contributed by atoms with Crippen LogP contribution in [0, 0.1) is 40.2 Å². The Bertz CT molecular complexity index is 1800. The Morgan fingerprint density at radius 2 is 1.77 bits per heavy atom. The Hall–Kier alpha value is -5.33. The zero-order valence-corrected chi connectivity index (χ0v) is 20.6. The van der Waals surface area contributed by atoms with E-state index in [1.807, 2.05) is 11.1 Å². The Kier molecular flexibility index (Phi) is 6.00. The molecule has 0 amide bonds. The minimum absolute atomic E-state index is 0.0671. The number of aromatic nitrogens is 2. The molecule has 9 nitrogen and oxygen atoms in total. The average molecular weight is 541 g/mol. The summed E-state index contributed by atoms with van der Waals surface area (Å²) in [5, 5.41) is 28.0. The molecule has 6 rings (SSSR count). The van der Waals surface area contributed by atoms with E-state index >= 15 is 0 Å². The molecule has 2 aromatic carbocycles. The fourth-order valence-corrected chi connectivity index (χ4v) is 4.37. The molecule has 0 bridgehead atoms. The van der Waals surface area contributed by atoms with Gasteiger partial charge in [0, 0.05) is 35.6 Å². The molecule has 40 heavy (non-hydrogen) atoms. The molecule has 0 saturated heterocycles. The highest BCUT2D eigenvalue weighted by molar-refractivity contribution is 6.00. The highest BCUT2D eigenvalue weighted by atomic mass is 19.2. The number of rotatable bonds is 7. The molecular formula is C28H20F3N9. The highest BCUT2D eigenvalue weighted by Gasteiger charge is 2.32. The summed E-state index contributed by atoms with van der Waals surface area (Å²) in [5.74, 6) is -2.92. The fraction of sp³-hybridized carbons (Fsp3) is 0.143. The zero-order chi connectivity index (χ0) is 28.7. The molecule has 12 heteroatoms. The quantitative estimate of drug-likeness (QED) is 0.239. The second kappa shape index (κ2) is 10.1. The van der Waals surface area contributed by atoms with Crippen LogP contribution < -0.4 is 21.6 Å². The molecule has 1 aliphatic heterocycles. The number of nitrogens with zero attached hydrogens (tertiary/aromatic N) is 5. The van der Waals surface area contributed by atoms with Crippen LogP contribution in [0.5, 0.6) is 0 Å². The summed E-state index contributed by atoms with van der Waals surface area (Å²) in [6.45, 7) is 0. The summed E-state index contributed by atoms with van der Waals surface area (Å²) in [7, 11) is 0. The lowest BCUT2D eigenvalue weighted by atomic mass is 10.0. The first-order chi connectivity index (χ1) is 19.8. The van der Waals surface area contributed by atoms with Gasteiger partial charge >= 0.3 is 0 Å². The lowest BCUT2D eigenvalue weighted by molar-refractivity contribution is 0.260. The number of benzene rings is 2. The lowest BCUT2D eigenvalue weighted by Crippen LogP contribution is -2.38. The maximum absolute atomic E-state index is 13.9. The standard InChI is InChI=1S/C28H20F3N9/c29-18-3-1-15(2-4-18)27(24-14-40(39-38-24)21-5-6-21)36-19-7-16(10-32)25-22(8-19)26(17(11-33)12-34-25)37-20-9-23(30)28(31)35-13-20/h1-4,7-9,12-14,21,27,36,38-39H,5-6H2,(H,34,37)/i27D. The van der Waals surface area contributed by atoms with Crippen molar-refractivity contribution in [3.8, 4) is 12.1 Å². The van der Waals surface area contributed by atoms with Crippen LogP contribution in [0.1, 0.15) is 36.9 Å². The van der Waals surface area contributed by atoms with Gasteiger partial charge in [0.05, 0.1) is 47.3 Å². The van der Waals surface area contributed by atoms with Crippen molar-refractivity contribution < 1.29 is 14.5 Å². The van der Waals surface area contributed by atoms with Gasteiger partial charge in [-0.1, -0.05) is 12.1 Å². The summed E-state index contributed by atoms with van der Waals surface area (Å²) >= 11 is 0. The topological polar surface area (TPSA) is 125 Å². The van der Waals surface area contributed by atoms with Crippen LogP contribution in [-0.2, 0) is 0 Å². The van der Waals surface area contributed by atoms with Crippen molar-refractivity contribution in [1.29, 1.82) is 10.5 Å². The third-order valence-corrected chi connectivity index (χ3v) is 6.48. The summed E-state index contributed by atoms with van der Waals surface area (Å²) in [4.78, 5) is 7.66. The normalized spacial score (nSPS) is 16.3. The third kappa shape index (κ3) is 4.79. The predicted molar refractivity (Wildman–Crippen MR) is 141 cm³/mol. The molecule has 4 aromatic rings. The number of anilines is 3. The number of hydrogen-bond acceptors (Lipinski definition) is 9. The van der Waals surface area contributed by atoms with Gasteiger partial charge in [-0.05, 0) is 42.7 Å². The van der Waals surface area contributed by atoms with E-state index in [4.69, 9.17) is 0 Å². The van der Waals surface area contributed by atoms with Crippen LogP contribution in [0.15, 0.2) is 66.8 Å². The van der Waals surface area contributed by atoms with Crippen molar-refractivity contribution in [2.75, 3.05) is 10.6 Å². The third-order valence-electron chi connectivity index (χ3n) is 6.48. The molecule has 198 valence electrons. The number of nitrogens with one attached hydrogen (secondary N) is 4. The molecule has 1 unspecified atom stereocenters. The van der Waals surface area contributed by atoms with E-state index in [2.05, 4.69) is 37.6 Å². The van der Waals surface area contributed by atoms with E-state index in [9.17, 15) is 25.1 Å². The fourth-order valence-electron chi connectivity index (χ4n) is 4.37. The van der Waals surface area contributed by atoms with E-state index in [1.165, 1.54) is 36.5 Å². The van der Waals surface area contributed by atoms with Gasteiger partial charge in [0.15, 0.2) is 5.82 Å². The lowest BCUT2D eigenvalue weighted by Gasteiger charge is -2.22. The summed E-state index contributed by atoms with van der Waals surface area (Å²) in [5.41, 5.74) is 7.90. The maximum atomic E-state index is 13.9. The van der Waals surface area contributed by atoms with Crippen LogP contribution in [0.2, 0.25) is 0 Å². The number of pyridine rings is 2. The maximum Gasteiger partial charge on any atom is 0.249 e. The van der Waals surface area contributed by atoms with Gasteiger partial charge in [-0.2, -0.15) is 14.9 Å². The van der Waals surface area contributed by atoms with Gasteiger partial charge in [0.25, 0.3) is 0 Å². The SMILES string of the molecule is [2H]C(Nc1cc(C#N)c2ncc(C#N)c(Nc3cnc(F)c(F)c3)c2c1)(C1=CN(C2CC2)NN1)c1ccc(F)cc1. The molecular weight excluding hydrogens is 519 g/mol. The summed E-state index contributed by atoms with van der Waals surface area (Å²) in [6.07, 6.45) is 6.11. The van der Waals surface area contributed by atoms with Crippen LogP contribution in [0.3, 0.4) is 0 Å². The molecule has 1 atom stereocenters. The van der Waals surface area contributed by atoms with Gasteiger partial charge < -0.3 is 16.1 Å². The van der Waals surface area contributed by atoms with Crippen molar-refractivity contribution in [2.45, 2.75) is 24.9 Å². The Morgan fingerprint density at radius 3 is 2.48 bits per heavy atom. The highest BCUT2D eigenvalue weighted by Crippen LogP contribution is 2.36. The second-order valence-electron chi connectivity index (χ2n) is 9.24. The summed E-state index contributed by atoms with van der Waals surface area (Å²) in [6, 6.07) is 12.2. The van der Waals surface area contributed by atoms with E-state index < -0.39 is 23.6 Å². The number of hydrogen-bond donors (Lipinski definition) is 4. The van der Waals surface area contributed by atoms with Crippen molar-refractivity contribution >= 4 is 28.0 Å². The molecule has 2 aliphatic rings. The molecule has 2 aromatic heterocycles. The van der Waals surface area contributed by atoms with Crippen molar-refractivity contribution in [3.63, 3.8) is 0 Å². The molecule has 1 fully saturated rings. The summed E-state index contributed by atoms with van der Waals surface area (Å²) < 4.78 is 50.7. The van der Waals surface area contributed by atoms with Crippen LogP contribution in [0.4, 0.5) is 30.2 Å². The first-order valence-electron chi connectivity index (χ1n) is 12.7. The van der Waals surface area contributed by atoms with Gasteiger partial charge in [-0.3, -0.25) is 9.99 Å². The van der Waals surface area contributed by atoms with E-state index in [0.717, 1.165) is 25.1 Å². The number of nitriles is 2. The Morgan fingerprint density at radius 1 is 1.00 bits per heavy atom. The first kappa shape index (κ1) is 23.8. The van der Waals surface area contributed by atoms with Crippen LogP contribution in [-0.4, -0.2) is 21.0 Å². The van der Waals surface area contributed by atoms with E-state index in [-0.39, 0.29) is 28.0 Å². The number of hydrazine groups is 2. The van der Waals surface area contributed by atoms with Crippen LogP contribution >= 0.6 is 0 Å². The monoisotopic (exact) mass is 540 g/mol. The van der Waals surface area contributed by atoms with Gasteiger partial charge in [0.2, 0.25) is 5.95 Å². The van der Waals surface area contributed by atoms with Gasteiger partial charge in [-0.25, -0.2) is 13.8 Å². The minimum Gasteiger partial charge on any atom is -0.373 e. The van der Waals surface area contributed by atoms with E-state index in [1.54, 1.807) is 12.3 Å². The average Bonchev–Trinajstić information content (AvgIpc) is 3.70. The number of fused-ring (bicyclic) bond motifs is 1. The Balaban J connectivity index is 1.48. The van der Waals surface area contributed by atoms with Crippen LogP contribution in [0.25, 0.3) is 10.9 Å². The molecule has 1 saturated carbocycles. The zero-order valence-electron chi connectivity index (χ0n) is 21.6. The van der Waals surface area contributed by atoms with Crippen molar-refractivity contribution in [2.24, 2.45) is 0 Å². The molecule has 4 N–H and O–H groups in total. The predicted octanol–water partition coefficient (Wildman–Crippen LogP) is 5.02. The molecule has 1 aliphatic carbocycles.